The number of nitriles is 12. The van der Waals surface area contributed by atoms with Crippen LogP contribution in [0.2, 0.25) is 0 Å². The minimum absolute atomic E-state index is 0. The molecule has 15 heteroatoms. The quantitative estimate of drug-likeness (QED) is 0.426. The maximum absolute atomic E-state index is 8.58. The van der Waals surface area contributed by atoms with E-state index in [1.165, 1.54) is 0 Å². The summed E-state index contributed by atoms with van der Waals surface area (Å²) in [6.07, 6.45) is 0. The molecule has 0 aromatic rings. The van der Waals surface area contributed by atoms with Gasteiger partial charge in [0.2, 0.25) is 0 Å². The van der Waals surface area contributed by atoms with E-state index in [9.17, 15) is 0 Å². The molecule has 0 bridgehead atoms. The van der Waals surface area contributed by atoms with Crippen molar-refractivity contribution in [2.24, 2.45) is 0 Å². The van der Waals surface area contributed by atoms with Gasteiger partial charge in [-0.25, -0.2) is 0 Å². The zero-order valence-electron chi connectivity index (χ0n) is 12.1. The Morgan fingerprint density at radius 2 is 0.333 bits per heavy atom. The Balaban J connectivity index is -0.000000411. The predicted molar refractivity (Wildman–Crippen MR) is 74.5 cm³/mol. The average Bonchev–Trinajstić information content (AvgIpc) is 2.77. The summed E-state index contributed by atoms with van der Waals surface area (Å²) in [6, 6.07) is 0. The number of rotatable bonds is 0. The van der Waals surface area contributed by atoms with Crippen molar-refractivity contribution in [3.8, 4) is 59.6 Å². The van der Waals surface area contributed by atoms with Gasteiger partial charge in [0.1, 0.15) is 0 Å². The van der Waals surface area contributed by atoms with Crippen LogP contribution in [0.3, 0.4) is 0 Å². The van der Waals surface area contributed by atoms with Gasteiger partial charge in [0, 0.05) is 0 Å². The fourth-order valence-corrected chi connectivity index (χ4v) is 2.19. The van der Waals surface area contributed by atoms with Crippen molar-refractivity contribution in [3.63, 3.8) is 0 Å². The van der Waals surface area contributed by atoms with Gasteiger partial charge in [0.25, 0.3) is 0 Å². The van der Waals surface area contributed by atoms with Crippen LogP contribution in [0.15, 0.2) is 0 Å². The topological polar surface area (TPSA) is 285 Å². The van der Waals surface area contributed by atoms with Crippen molar-refractivity contribution in [1.29, 1.82) is 63.1 Å². The molecule has 0 amide bonds. The van der Waals surface area contributed by atoms with Gasteiger partial charge in [0.15, 0.2) is 0 Å². The van der Waals surface area contributed by atoms with E-state index < -0.39 is 21.5 Å². The first-order valence-electron chi connectivity index (χ1n) is 4.80. The molecule has 126 valence electrons. The van der Waals surface area contributed by atoms with E-state index in [-0.39, 0.29) is 29.6 Å². The van der Waals surface area contributed by atoms with Crippen LogP contribution in [0, 0.1) is 123 Å². The first-order valence-corrected chi connectivity index (χ1v) is 11.4. The zero-order chi connectivity index (χ0) is 21.3. The zero-order valence-corrected chi connectivity index (χ0v) is 14.3. The predicted octanol–water partition coefficient (Wildman–Crippen LogP) is -0.452. The SMILES string of the molecule is N#[C][Fe]([C]#N)([C]#N)([C]#N)([C]#N)[C]#N.N#[C][Fe]([C]#N)([C]#N)([C]#N)([C]#N)[C]#N.[NaH]. The summed E-state index contributed by atoms with van der Waals surface area (Å²) in [5, 5.41) is 103. The van der Waals surface area contributed by atoms with E-state index in [1.54, 1.807) is 0 Å². The second-order valence-electron chi connectivity index (χ2n) is 3.60. The Hall–Kier alpha value is -4.08. The summed E-state index contributed by atoms with van der Waals surface area (Å²) in [5.74, 6) is 0. The third kappa shape index (κ3) is 2.78. The molecule has 0 aliphatic carbocycles. The van der Waals surface area contributed by atoms with Crippen molar-refractivity contribution in [2.75, 3.05) is 0 Å². The second-order valence-corrected chi connectivity index (χ2v) is 14.8. The Morgan fingerprint density at radius 1 is 0.259 bits per heavy atom. The van der Waals surface area contributed by atoms with Gasteiger partial charge in [0.05, 0.1) is 0 Å². The molecule has 0 rings (SSSR count). The third-order valence-corrected chi connectivity index (χ3v) is 9.78. The van der Waals surface area contributed by atoms with Gasteiger partial charge < -0.3 is 0 Å². The molecule has 0 saturated carbocycles. The molecule has 0 aliphatic heterocycles. The molecule has 0 fully saturated rings. The first-order chi connectivity index (χ1) is 11.9. The van der Waals surface area contributed by atoms with E-state index in [4.69, 9.17) is 63.1 Å². The summed E-state index contributed by atoms with van der Waals surface area (Å²) in [7, 11) is -12.3. The number of nitrogens with zero attached hydrogens (tertiary/aromatic N) is 12. The molecule has 0 radical (unpaired) electrons. The fraction of sp³-hybridized carbons (Fsp3) is 0. The molecule has 0 aromatic heterocycles. The van der Waals surface area contributed by atoms with Gasteiger partial charge in [-0.3, -0.25) is 0 Å². The van der Waals surface area contributed by atoms with Crippen molar-refractivity contribution in [1.82, 2.24) is 0 Å². The Labute approximate surface area is 172 Å². The molecule has 0 atom stereocenters. The van der Waals surface area contributed by atoms with Crippen LogP contribution in [0.25, 0.3) is 0 Å². The van der Waals surface area contributed by atoms with Crippen molar-refractivity contribution in [2.45, 2.75) is 0 Å². The van der Waals surface area contributed by atoms with Gasteiger partial charge in [-0.1, -0.05) is 0 Å². The maximum atomic E-state index is 8.58. The summed E-state index contributed by atoms with van der Waals surface area (Å²) in [5.41, 5.74) is 0. The molecule has 0 N–H and O–H groups in total. The average molecular weight is 448 g/mol. The van der Waals surface area contributed by atoms with Gasteiger partial charge in [-0.2, -0.15) is 0 Å². The molecule has 0 unspecified atom stereocenters. The van der Waals surface area contributed by atoms with Gasteiger partial charge in [-0.15, -0.1) is 0 Å². The molecule has 27 heavy (non-hydrogen) atoms. The normalized spacial score (nSPS) is 12.9. The first kappa shape index (κ1) is 27.8. The van der Waals surface area contributed by atoms with Crippen molar-refractivity contribution >= 4 is 29.6 Å². The standard InChI is InChI=1S/12CN.2Fe.Na.H/c12*1-2;;;;. The molecule has 0 spiro atoms. The Bertz CT molecular complexity index is 882. The molecular formula is C12HFe2N12Na. The molecule has 0 aliphatic rings. The molecule has 12 nitrogen and oxygen atoms in total. The number of hydrogen-bond acceptors (Lipinski definition) is 12. The van der Waals surface area contributed by atoms with E-state index in [1.807, 2.05) is 0 Å². The Morgan fingerprint density at radius 3 is 0.333 bits per heavy atom. The molecule has 0 aromatic carbocycles. The summed E-state index contributed by atoms with van der Waals surface area (Å²) >= 11 is 0. The van der Waals surface area contributed by atoms with Crippen LogP contribution in [-0.4, -0.2) is 29.6 Å². The summed E-state index contributed by atoms with van der Waals surface area (Å²) in [6.45, 7) is 0. The van der Waals surface area contributed by atoms with E-state index in [0.717, 1.165) is 59.6 Å². The van der Waals surface area contributed by atoms with Crippen LogP contribution in [0.1, 0.15) is 0 Å². The second kappa shape index (κ2) is 6.67. The van der Waals surface area contributed by atoms with Crippen LogP contribution >= 0.6 is 0 Å². The molecule has 0 heterocycles. The summed E-state index contributed by atoms with van der Waals surface area (Å²) in [4.78, 5) is 12.4. The van der Waals surface area contributed by atoms with E-state index in [2.05, 4.69) is 0 Å². The van der Waals surface area contributed by atoms with Gasteiger partial charge >= 0.3 is 174 Å². The monoisotopic (exact) mass is 448 g/mol. The molecular weight excluding hydrogens is 447 g/mol. The fourth-order valence-electron chi connectivity index (χ4n) is 0.530. The van der Waals surface area contributed by atoms with Crippen LogP contribution < -0.4 is 0 Å². The van der Waals surface area contributed by atoms with Crippen molar-refractivity contribution in [3.05, 3.63) is 0 Å². The number of hydrogen-bond donors (Lipinski definition) is 0. The van der Waals surface area contributed by atoms with E-state index >= 15 is 0 Å². The third-order valence-electron chi connectivity index (χ3n) is 2.37. The van der Waals surface area contributed by atoms with Gasteiger partial charge in [-0.05, 0) is 0 Å². The van der Waals surface area contributed by atoms with Crippen molar-refractivity contribution < 1.29 is 21.5 Å². The van der Waals surface area contributed by atoms with Crippen LogP contribution in [-0.2, 0) is 21.5 Å². The van der Waals surface area contributed by atoms with E-state index in [0.29, 0.717) is 0 Å². The van der Waals surface area contributed by atoms with Crippen LogP contribution in [0.4, 0.5) is 0 Å². The Kier molecular flexibility index (Phi) is 6.86. The van der Waals surface area contributed by atoms with Crippen LogP contribution in [0.5, 0.6) is 0 Å². The molecule has 0 saturated heterocycles. The minimum atomic E-state index is -6.17. The summed E-state index contributed by atoms with van der Waals surface area (Å²) < 4.78 is 0.